The van der Waals surface area contributed by atoms with Gasteiger partial charge in [-0.2, -0.15) is 0 Å². The minimum absolute atomic E-state index is 0.000760. The molecule has 0 bridgehead atoms. The smallest absolute Gasteiger partial charge is 0.193 e. The van der Waals surface area contributed by atoms with E-state index < -0.39 is 16.6 Å². The second-order valence-electron chi connectivity index (χ2n) is 17.4. The van der Waals surface area contributed by atoms with E-state index in [0.29, 0.717) is 5.92 Å². The SMILES string of the molecule is C/C=C/[C@H]1O[C@@H]([C@H](/C=C/C=C(\C)C[C@@H](C)/C=C(C)\C=C\[C@H]2CC=C[C@H](C)O2)O[Si](C)(C)C(C)(C)C)C[C@H](O[Si](C)(C)C(C)(C)C)[C@H]1C. The summed E-state index contributed by atoms with van der Waals surface area (Å²) < 4.78 is 27.1. The number of hydrogen-bond acceptors (Lipinski definition) is 4. The van der Waals surface area contributed by atoms with E-state index in [1.54, 1.807) is 0 Å². The Kier molecular flexibility index (Phi) is 15.7. The molecule has 2 heterocycles. The lowest BCUT2D eigenvalue weighted by Gasteiger charge is -2.48. The highest BCUT2D eigenvalue weighted by molar-refractivity contribution is 6.74. The number of hydrogen-bond donors (Lipinski definition) is 0. The molecular formula is C41H72O4Si2. The molecule has 0 spiro atoms. The monoisotopic (exact) mass is 684 g/mol. The quantitative estimate of drug-likeness (QED) is 0.110. The van der Waals surface area contributed by atoms with Crippen molar-refractivity contribution in [1.82, 2.24) is 0 Å². The van der Waals surface area contributed by atoms with Crippen LogP contribution in [-0.2, 0) is 18.3 Å². The molecule has 8 atom stereocenters. The standard InChI is InChI=1S/C41H72O4Si2/c1-17-20-36-34(6)38(45-47(15,16)41(10,11)12)29-39(43-36)37(44-46(13,14)40(7,8)9)24-18-21-30(2)27-32(4)28-31(3)25-26-35-23-19-22-33(5)42-35/h17-22,24-26,28,32-39H,23,27,29H2,1-16H3/b20-17+,24-18+,26-25+,30-21+,31-28-/t32-,33+,34+,35-,36-,37+,38+,39-/m1/s1. The second-order valence-corrected chi connectivity index (χ2v) is 26.9. The van der Waals surface area contributed by atoms with Gasteiger partial charge in [-0.25, -0.2) is 0 Å². The molecule has 0 radical (unpaired) electrons. The minimum atomic E-state index is -2.08. The Labute approximate surface area is 293 Å². The van der Waals surface area contributed by atoms with Gasteiger partial charge in [-0.1, -0.05) is 127 Å². The van der Waals surface area contributed by atoms with Crippen LogP contribution < -0.4 is 0 Å². The van der Waals surface area contributed by atoms with E-state index in [1.165, 1.54) is 11.1 Å². The fraction of sp³-hybridized carbons (Fsp3) is 0.707. The molecule has 2 rings (SSSR count). The normalized spacial score (nSPS) is 28.9. The van der Waals surface area contributed by atoms with Crippen molar-refractivity contribution in [2.75, 3.05) is 0 Å². The predicted molar refractivity (Wildman–Crippen MR) is 209 cm³/mol. The van der Waals surface area contributed by atoms with Gasteiger partial charge in [-0.05, 0) is 82.7 Å². The Morgan fingerprint density at radius 1 is 0.957 bits per heavy atom. The Balaban J connectivity index is 2.28. The van der Waals surface area contributed by atoms with Crippen LogP contribution in [0.15, 0.2) is 71.9 Å². The lowest BCUT2D eigenvalue weighted by molar-refractivity contribution is -0.132. The van der Waals surface area contributed by atoms with Crippen molar-refractivity contribution in [3.05, 3.63) is 71.9 Å². The lowest BCUT2D eigenvalue weighted by Crippen LogP contribution is -2.55. The van der Waals surface area contributed by atoms with Gasteiger partial charge < -0.3 is 18.3 Å². The highest BCUT2D eigenvalue weighted by Gasteiger charge is 2.47. The molecule has 268 valence electrons. The molecule has 0 aromatic heterocycles. The molecule has 0 N–H and O–H groups in total. The summed E-state index contributed by atoms with van der Waals surface area (Å²) in [4.78, 5) is 0. The summed E-state index contributed by atoms with van der Waals surface area (Å²) in [6.07, 6.45) is 25.2. The van der Waals surface area contributed by atoms with Crippen LogP contribution in [0, 0.1) is 11.8 Å². The molecule has 0 amide bonds. The number of ether oxygens (including phenoxy) is 2. The zero-order chi connectivity index (χ0) is 35.8. The third-order valence-corrected chi connectivity index (χ3v) is 19.7. The van der Waals surface area contributed by atoms with Crippen LogP contribution >= 0.6 is 0 Å². The maximum atomic E-state index is 7.15. The first kappa shape index (κ1) is 41.9. The fourth-order valence-corrected chi connectivity index (χ4v) is 8.44. The first-order valence-corrected chi connectivity index (χ1v) is 24.0. The van der Waals surface area contributed by atoms with E-state index in [9.17, 15) is 0 Å². The average molecular weight is 685 g/mol. The molecule has 0 aliphatic carbocycles. The van der Waals surface area contributed by atoms with Crippen LogP contribution in [0.1, 0.15) is 102 Å². The van der Waals surface area contributed by atoms with Crippen molar-refractivity contribution in [3.8, 4) is 0 Å². The van der Waals surface area contributed by atoms with Crippen molar-refractivity contribution >= 4 is 16.6 Å². The largest absolute Gasteiger partial charge is 0.413 e. The molecule has 2 aliphatic heterocycles. The molecule has 0 unspecified atom stereocenters. The van der Waals surface area contributed by atoms with Crippen LogP contribution in [-0.4, -0.2) is 53.3 Å². The minimum Gasteiger partial charge on any atom is -0.413 e. The summed E-state index contributed by atoms with van der Waals surface area (Å²) in [6, 6.07) is 0. The Bertz CT molecular complexity index is 1160. The number of rotatable bonds is 13. The Morgan fingerprint density at radius 3 is 2.17 bits per heavy atom. The lowest BCUT2D eigenvalue weighted by atomic mass is 9.88. The van der Waals surface area contributed by atoms with Crippen molar-refractivity contribution in [2.45, 2.75) is 175 Å². The zero-order valence-electron chi connectivity index (χ0n) is 33.1. The maximum absolute atomic E-state index is 7.15. The first-order valence-electron chi connectivity index (χ1n) is 18.2. The Morgan fingerprint density at radius 2 is 1.60 bits per heavy atom. The average Bonchev–Trinajstić information content (AvgIpc) is 2.92. The van der Waals surface area contributed by atoms with Gasteiger partial charge in [0.25, 0.3) is 0 Å². The van der Waals surface area contributed by atoms with Gasteiger partial charge >= 0.3 is 0 Å². The van der Waals surface area contributed by atoms with E-state index in [1.807, 2.05) is 0 Å². The fourth-order valence-electron chi connectivity index (χ4n) is 5.76. The van der Waals surface area contributed by atoms with Gasteiger partial charge in [0.1, 0.15) is 0 Å². The summed E-state index contributed by atoms with van der Waals surface area (Å²) in [6.45, 7) is 36.5. The van der Waals surface area contributed by atoms with Gasteiger partial charge in [0.15, 0.2) is 16.6 Å². The van der Waals surface area contributed by atoms with Crippen molar-refractivity contribution in [2.24, 2.45) is 11.8 Å². The van der Waals surface area contributed by atoms with Crippen LogP contribution in [0.5, 0.6) is 0 Å². The molecule has 0 aromatic carbocycles. The second kappa shape index (κ2) is 17.6. The van der Waals surface area contributed by atoms with E-state index >= 15 is 0 Å². The van der Waals surface area contributed by atoms with Crippen LogP contribution in [0.25, 0.3) is 0 Å². The van der Waals surface area contributed by atoms with Gasteiger partial charge in [-0.3, -0.25) is 0 Å². The molecule has 0 saturated carbocycles. The summed E-state index contributed by atoms with van der Waals surface area (Å²) in [7, 11) is -4.05. The summed E-state index contributed by atoms with van der Waals surface area (Å²) in [5.41, 5.74) is 2.63. The third-order valence-electron chi connectivity index (χ3n) is 10.8. The molecular weight excluding hydrogens is 613 g/mol. The topological polar surface area (TPSA) is 36.9 Å². The molecule has 1 saturated heterocycles. The summed E-state index contributed by atoms with van der Waals surface area (Å²) >= 11 is 0. The Hall–Kier alpha value is -1.29. The van der Waals surface area contributed by atoms with Crippen molar-refractivity contribution in [1.29, 1.82) is 0 Å². The molecule has 4 nitrogen and oxygen atoms in total. The van der Waals surface area contributed by atoms with Crippen molar-refractivity contribution < 1.29 is 18.3 Å². The zero-order valence-corrected chi connectivity index (χ0v) is 35.1. The number of allylic oxidation sites excluding steroid dienone is 7. The van der Waals surface area contributed by atoms with E-state index in [2.05, 4.69) is 170 Å². The third kappa shape index (κ3) is 13.2. The van der Waals surface area contributed by atoms with Crippen LogP contribution in [0.3, 0.4) is 0 Å². The van der Waals surface area contributed by atoms with Gasteiger partial charge in [-0.15, -0.1) is 0 Å². The van der Waals surface area contributed by atoms with E-state index in [0.717, 1.165) is 19.3 Å². The molecule has 47 heavy (non-hydrogen) atoms. The molecule has 2 aliphatic rings. The van der Waals surface area contributed by atoms with Crippen molar-refractivity contribution in [3.63, 3.8) is 0 Å². The van der Waals surface area contributed by atoms with Crippen LogP contribution in [0.4, 0.5) is 0 Å². The van der Waals surface area contributed by atoms with E-state index in [4.69, 9.17) is 18.3 Å². The van der Waals surface area contributed by atoms with Crippen LogP contribution in [0.2, 0.25) is 36.3 Å². The molecule has 6 heteroatoms. The van der Waals surface area contributed by atoms with Gasteiger partial charge in [0.05, 0.1) is 36.6 Å². The predicted octanol–water partition coefficient (Wildman–Crippen LogP) is 11.9. The highest BCUT2D eigenvalue weighted by Crippen LogP contribution is 2.43. The van der Waals surface area contributed by atoms with Gasteiger partial charge in [0, 0.05) is 12.3 Å². The molecule has 0 aromatic rings. The highest BCUT2D eigenvalue weighted by atomic mass is 28.4. The van der Waals surface area contributed by atoms with E-state index in [-0.39, 0.29) is 52.6 Å². The summed E-state index contributed by atoms with van der Waals surface area (Å²) in [5, 5.41) is 0.246. The summed E-state index contributed by atoms with van der Waals surface area (Å²) in [5.74, 6) is 0.715. The maximum Gasteiger partial charge on any atom is 0.193 e. The molecule has 1 fully saturated rings. The first-order chi connectivity index (χ1) is 21.6. The van der Waals surface area contributed by atoms with Gasteiger partial charge in [0.2, 0.25) is 0 Å².